The van der Waals surface area contributed by atoms with Crippen LogP contribution in [0.5, 0.6) is 0 Å². The maximum atomic E-state index is 14.0. The lowest BCUT2D eigenvalue weighted by atomic mass is 9.88. The third kappa shape index (κ3) is 5.17. The molecule has 0 bridgehead atoms. The highest BCUT2D eigenvalue weighted by Gasteiger charge is 2.93. The summed E-state index contributed by atoms with van der Waals surface area (Å²) < 4.78 is 198. The number of unbranched alkanes of at least 4 members (excludes halogenated alkanes) is 1. The number of alkyl halides is 15. The van der Waals surface area contributed by atoms with Crippen LogP contribution in [-0.4, -0.2) is 46.8 Å². The number of benzene rings is 1. The standard InChI is InChI=1S/C19H17F15O/c1-2-3-5-10-6-4-7-11(8-10)12(35)9-13(20,21)14(22,23)15(24,25)16(26,27)17(28,29)18(30,31)19(32,33)34/h4,6-8,12,35H,2-3,5,9H2,1H3. The first-order valence-corrected chi connectivity index (χ1v) is 9.53. The van der Waals surface area contributed by atoms with Crippen molar-refractivity contribution in [1.82, 2.24) is 0 Å². The molecule has 0 radical (unpaired) electrons. The summed E-state index contributed by atoms with van der Waals surface area (Å²) in [5.74, 6) is -46.9. The van der Waals surface area contributed by atoms with Crippen LogP contribution in [-0.2, 0) is 6.42 Å². The number of aryl methyl sites for hydroxylation is 1. The largest absolute Gasteiger partial charge is 0.460 e. The van der Waals surface area contributed by atoms with Crippen molar-refractivity contribution in [3.05, 3.63) is 35.4 Å². The fraction of sp³-hybridized carbons (Fsp3) is 0.684. The average Bonchev–Trinajstić information content (AvgIpc) is 2.70. The molecule has 1 aromatic carbocycles. The number of aliphatic hydroxyl groups is 1. The van der Waals surface area contributed by atoms with Crippen molar-refractivity contribution in [3.8, 4) is 0 Å². The topological polar surface area (TPSA) is 20.2 Å². The molecule has 0 aliphatic carbocycles. The lowest BCUT2D eigenvalue weighted by molar-refractivity contribution is -0.453. The molecule has 0 saturated heterocycles. The van der Waals surface area contributed by atoms with Gasteiger partial charge in [0, 0.05) is 6.42 Å². The first-order chi connectivity index (χ1) is 15.4. The summed E-state index contributed by atoms with van der Waals surface area (Å²) in [5.41, 5.74) is -0.248. The zero-order chi connectivity index (χ0) is 27.9. The quantitative estimate of drug-likeness (QED) is 0.281. The number of rotatable bonds is 11. The van der Waals surface area contributed by atoms with Crippen LogP contribution >= 0.6 is 0 Å². The molecule has 1 rings (SSSR count). The minimum Gasteiger partial charge on any atom is -0.388 e. The van der Waals surface area contributed by atoms with Gasteiger partial charge in [0.05, 0.1) is 6.10 Å². The second kappa shape index (κ2) is 9.54. The van der Waals surface area contributed by atoms with Gasteiger partial charge in [0.25, 0.3) is 0 Å². The summed E-state index contributed by atoms with van der Waals surface area (Å²) in [6.45, 7) is 1.76. The van der Waals surface area contributed by atoms with E-state index in [1.807, 2.05) is 0 Å². The predicted molar refractivity (Wildman–Crippen MR) is 90.4 cm³/mol. The van der Waals surface area contributed by atoms with E-state index in [1.54, 1.807) is 6.92 Å². The van der Waals surface area contributed by atoms with Gasteiger partial charge in [-0.15, -0.1) is 0 Å². The number of halogens is 15. The van der Waals surface area contributed by atoms with Gasteiger partial charge in [-0.3, -0.25) is 0 Å². The molecule has 0 amide bonds. The third-order valence-electron chi connectivity index (χ3n) is 5.00. The summed E-state index contributed by atoms with van der Waals surface area (Å²) in [7, 11) is 0. The maximum Gasteiger partial charge on any atom is 0.460 e. The van der Waals surface area contributed by atoms with Crippen LogP contribution in [0, 0.1) is 0 Å². The minimum atomic E-state index is -8.34. The summed E-state index contributed by atoms with van der Waals surface area (Å²) in [6, 6.07) is 4.34. The molecule has 0 aliphatic heterocycles. The van der Waals surface area contributed by atoms with Gasteiger partial charge in [-0.1, -0.05) is 37.6 Å². The van der Waals surface area contributed by atoms with E-state index in [4.69, 9.17) is 0 Å². The van der Waals surface area contributed by atoms with Crippen molar-refractivity contribution in [2.24, 2.45) is 0 Å². The Hall–Kier alpha value is -1.87. The van der Waals surface area contributed by atoms with E-state index in [1.165, 1.54) is 6.07 Å². The molecule has 35 heavy (non-hydrogen) atoms. The fourth-order valence-electron chi connectivity index (χ4n) is 2.82. The Morgan fingerprint density at radius 3 is 1.60 bits per heavy atom. The molecule has 16 heteroatoms. The van der Waals surface area contributed by atoms with Crippen molar-refractivity contribution in [3.63, 3.8) is 0 Å². The van der Waals surface area contributed by atoms with Crippen LogP contribution in [0.2, 0.25) is 0 Å². The van der Waals surface area contributed by atoms with Gasteiger partial charge in [-0.25, -0.2) is 0 Å². The maximum absolute atomic E-state index is 14.0. The SMILES string of the molecule is CCCCc1cccc(C(O)CC(F)(F)C(F)(F)C(F)(F)C(F)(F)C(F)(F)C(F)(F)C(F)(F)F)c1. The van der Waals surface area contributed by atoms with Crippen LogP contribution < -0.4 is 0 Å². The molecule has 1 atom stereocenters. The second-order valence-corrected chi connectivity index (χ2v) is 7.64. The smallest absolute Gasteiger partial charge is 0.388 e. The highest BCUT2D eigenvalue weighted by atomic mass is 19.4. The summed E-state index contributed by atoms with van der Waals surface area (Å²) in [5, 5.41) is 9.77. The third-order valence-corrected chi connectivity index (χ3v) is 5.00. The lowest BCUT2D eigenvalue weighted by Gasteiger charge is -2.41. The fourth-order valence-corrected chi connectivity index (χ4v) is 2.82. The van der Waals surface area contributed by atoms with E-state index >= 15 is 0 Å². The van der Waals surface area contributed by atoms with Crippen LogP contribution in [0.4, 0.5) is 65.9 Å². The van der Waals surface area contributed by atoms with Crippen molar-refractivity contribution in [2.45, 2.75) is 80.4 Å². The van der Waals surface area contributed by atoms with Crippen LogP contribution in [0.1, 0.15) is 43.4 Å². The number of hydrogen-bond acceptors (Lipinski definition) is 1. The molecule has 0 saturated carbocycles. The van der Waals surface area contributed by atoms with Crippen molar-refractivity contribution in [1.29, 1.82) is 0 Å². The summed E-state index contributed by atoms with van der Waals surface area (Å²) in [6.07, 6.45) is -11.8. The molecule has 1 N–H and O–H groups in total. The molecule has 1 aromatic rings. The van der Waals surface area contributed by atoms with Crippen molar-refractivity contribution >= 4 is 0 Å². The molecular weight excluding hydrogens is 529 g/mol. The lowest BCUT2D eigenvalue weighted by Crippen LogP contribution is -2.72. The average molecular weight is 546 g/mol. The van der Waals surface area contributed by atoms with E-state index < -0.39 is 59.8 Å². The molecule has 0 fully saturated rings. The van der Waals surface area contributed by atoms with E-state index in [-0.39, 0.29) is 6.42 Å². The second-order valence-electron chi connectivity index (χ2n) is 7.64. The van der Waals surface area contributed by atoms with E-state index in [0.29, 0.717) is 18.4 Å². The molecule has 0 spiro atoms. The van der Waals surface area contributed by atoms with Gasteiger partial charge < -0.3 is 5.11 Å². The summed E-state index contributed by atoms with van der Waals surface area (Å²) >= 11 is 0. The molecule has 1 nitrogen and oxygen atoms in total. The van der Waals surface area contributed by atoms with Crippen LogP contribution in [0.3, 0.4) is 0 Å². The zero-order valence-corrected chi connectivity index (χ0v) is 17.3. The summed E-state index contributed by atoms with van der Waals surface area (Å²) in [4.78, 5) is 0. The van der Waals surface area contributed by atoms with Crippen LogP contribution in [0.25, 0.3) is 0 Å². The van der Waals surface area contributed by atoms with Crippen molar-refractivity contribution in [2.75, 3.05) is 0 Å². The van der Waals surface area contributed by atoms with Crippen molar-refractivity contribution < 1.29 is 71.0 Å². The zero-order valence-electron chi connectivity index (χ0n) is 17.3. The van der Waals surface area contributed by atoms with Gasteiger partial charge >= 0.3 is 41.7 Å². The molecular formula is C19H17F15O. The minimum absolute atomic E-state index is 0.288. The normalized spacial score (nSPS) is 15.9. The van der Waals surface area contributed by atoms with Crippen LogP contribution in [0.15, 0.2) is 24.3 Å². The molecule has 204 valence electrons. The Bertz CT molecular complexity index is 860. The van der Waals surface area contributed by atoms with E-state index in [0.717, 1.165) is 18.2 Å². The Morgan fingerprint density at radius 1 is 0.686 bits per heavy atom. The first kappa shape index (κ1) is 31.2. The highest BCUT2D eigenvalue weighted by molar-refractivity contribution is 5.26. The van der Waals surface area contributed by atoms with Gasteiger partial charge in [0.2, 0.25) is 0 Å². The van der Waals surface area contributed by atoms with E-state index in [2.05, 4.69) is 0 Å². The Balaban J connectivity index is 3.38. The molecule has 0 aromatic heterocycles. The van der Waals surface area contributed by atoms with E-state index in [9.17, 15) is 71.0 Å². The van der Waals surface area contributed by atoms with Gasteiger partial charge in [0.1, 0.15) is 0 Å². The predicted octanol–water partition coefficient (Wildman–Crippen LogP) is 7.83. The first-order valence-electron chi connectivity index (χ1n) is 9.53. The van der Waals surface area contributed by atoms with Gasteiger partial charge in [0.15, 0.2) is 0 Å². The Labute approximate surface area is 187 Å². The number of hydrogen-bond donors (Lipinski definition) is 1. The Kier molecular flexibility index (Phi) is 8.49. The molecule has 0 aliphatic rings. The number of aliphatic hydroxyl groups excluding tert-OH is 1. The Morgan fingerprint density at radius 2 is 1.14 bits per heavy atom. The highest BCUT2D eigenvalue weighted by Crippen LogP contribution is 2.63. The van der Waals surface area contributed by atoms with Gasteiger partial charge in [-0.05, 0) is 24.0 Å². The molecule has 1 unspecified atom stereocenters. The van der Waals surface area contributed by atoms with Gasteiger partial charge in [-0.2, -0.15) is 65.9 Å². The monoisotopic (exact) mass is 546 g/mol. The molecule has 0 heterocycles.